The average molecular weight is 765 g/mol. The van der Waals surface area contributed by atoms with E-state index in [9.17, 15) is 0 Å². The molecule has 0 aliphatic heterocycles. The maximum Gasteiger partial charge on any atom is 0.167 e. The fourth-order valence-electron chi connectivity index (χ4n) is 9.48. The van der Waals surface area contributed by atoms with Gasteiger partial charge in [0.2, 0.25) is 0 Å². The molecule has 0 amide bonds. The van der Waals surface area contributed by atoms with E-state index in [1.165, 1.54) is 37.7 Å². The molecule has 278 valence electrons. The number of benzene rings is 10. The zero-order chi connectivity index (χ0) is 39.3. The van der Waals surface area contributed by atoms with Crippen LogP contribution in [-0.4, -0.2) is 19.5 Å². The molecule has 13 rings (SSSR count). The summed E-state index contributed by atoms with van der Waals surface area (Å²) in [5.74, 6) is 1.75. The van der Waals surface area contributed by atoms with Crippen molar-refractivity contribution in [2.45, 2.75) is 0 Å². The number of furan rings is 1. The van der Waals surface area contributed by atoms with E-state index >= 15 is 0 Å². The highest BCUT2D eigenvalue weighted by molar-refractivity contribution is 6.24. The molecule has 0 fully saturated rings. The minimum atomic E-state index is 0.547. The summed E-state index contributed by atoms with van der Waals surface area (Å²) in [5, 5.41) is 13.9. The van der Waals surface area contributed by atoms with Crippen molar-refractivity contribution >= 4 is 86.8 Å². The van der Waals surface area contributed by atoms with Gasteiger partial charge in [-0.25, -0.2) is 15.0 Å². The van der Waals surface area contributed by atoms with Gasteiger partial charge in [-0.15, -0.1) is 0 Å². The lowest BCUT2D eigenvalue weighted by Crippen LogP contribution is -2.02. The standard InChI is InChI=1S/C55H32N4O/c1-2-15-34(16-3-1)53-56-54(58-55(57-53)44-31-37-19-7-8-20-38(37)40-22-10-11-23-41(40)44)43-27-29-47(51-42-24-12-13-25-49(42)60-52(43)51)59-46-28-26-33-14-6-9-21-39(33)50(46)45-30-35-17-4-5-18-36(35)32-48(45)59/h1-32H. The summed E-state index contributed by atoms with van der Waals surface area (Å²) in [6.45, 7) is 0. The van der Waals surface area contributed by atoms with Crippen LogP contribution in [0.25, 0.3) is 127 Å². The van der Waals surface area contributed by atoms with Gasteiger partial charge in [0, 0.05) is 27.3 Å². The predicted octanol–water partition coefficient (Wildman–Crippen LogP) is 14.5. The van der Waals surface area contributed by atoms with Gasteiger partial charge < -0.3 is 8.98 Å². The number of aromatic nitrogens is 4. The molecule has 0 N–H and O–H groups in total. The van der Waals surface area contributed by atoms with Gasteiger partial charge in [-0.3, -0.25) is 0 Å². The molecule has 3 aromatic heterocycles. The Morgan fingerprint density at radius 1 is 0.350 bits per heavy atom. The third-order valence-electron chi connectivity index (χ3n) is 12.2. The van der Waals surface area contributed by atoms with Gasteiger partial charge in [-0.05, 0) is 85.6 Å². The van der Waals surface area contributed by atoms with Crippen molar-refractivity contribution in [3.8, 4) is 39.9 Å². The highest BCUT2D eigenvalue weighted by Gasteiger charge is 2.24. The van der Waals surface area contributed by atoms with Gasteiger partial charge in [-0.2, -0.15) is 0 Å². The van der Waals surface area contributed by atoms with E-state index in [4.69, 9.17) is 19.4 Å². The predicted molar refractivity (Wildman–Crippen MR) is 248 cm³/mol. The van der Waals surface area contributed by atoms with Crippen LogP contribution in [0.4, 0.5) is 0 Å². The molecular formula is C55H32N4O. The molecule has 3 heterocycles. The number of hydrogen-bond donors (Lipinski definition) is 0. The normalized spacial score (nSPS) is 12.0. The monoisotopic (exact) mass is 764 g/mol. The maximum atomic E-state index is 6.95. The van der Waals surface area contributed by atoms with Crippen molar-refractivity contribution in [3.05, 3.63) is 194 Å². The van der Waals surface area contributed by atoms with Crippen molar-refractivity contribution < 1.29 is 4.42 Å². The molecule has 10 aromatic carbocycles. The Morgan fingerprint density at radius 2 is 0.967 bits per heavy atom. The molecule has 5 heteroatoms. The second-order valence-electron chi connectivity index (χ2n) is 15.5. The second-order valence-corrected chi connectivity index (χ2v) is 15.5. The molecule has 0 radical (unpaired) electrons. The second kappa shape index (κ2) is 12.7. The first-order chi connectivity index (χ1) is 29.7. The van der Waals surface area contributed by atoms with E-state index in [0.29, 0.717) is 17.5 Å². The minimum Gasteiger partial charge on any atom is -0.455 e. The van der Waals surface area contributed by atoms with Crippen LogP contribution in [0.15, 0.2) is 199 Å². The molecule has 0 spiro atoms. The first-order valence-electron chi connectivity index (χ1n) is 20.3. The SMILES string of the molecule is c1ccc(-c2nc(-c3cc4ccccc4c4ccccc34)nc(-c3ccc(-n4c5cc6ccccc6cc5c5c6ccccc6ccc54)c4c3oc3ccccc34)n2)cc1. The zero-order valence-electron chi connectivity index (χ0n) is 32.2. The van der Waals surface area contributed by atoms with E-state index in [-0.39, 0.29) is 0 Å². The van der Waals surface area contributed by atoms with Gasteiger partial charge in [0.15, 0.2) is 17.5 Å². The highest BCUT2D eigenvalue weighted by Crippen LogP contribution is 2.45. The Kier molecular flexibility index (Phi) is 6.95. The first-order valence-corrected chi connectivity index (χ1v) is 20.3. The van der Waals surface area contributed by atoms with Crippen molar-refractivity contribution in [3.63, 3.8) is 0 Å². The summed E-state index contributed by atoms with van der Waals surface area (Å²) >= 11 is 0. The van der Waals surface area contributed by atoms with Crippen molar-refractivity contribution in [2.75, 3.05) is 0 Å². The minimum absolute atomic E-state index is 0.547. The Morgan fingerprint density at radius 3 is 1.78 bits per heavy atom. The fourth-order valence-corrected chi connectivity index (χ4v) is 9.48. The summed E-state index contributed by atoms with van der Waals surface area (Å²) in [6, 6.07) is 68.6. The van der Waals surface area contributed by atoms with E-state index < -0.39 is 0 Å². The largest absolute Gasteiger partial charge is 0.455 e. The topological polar surface area (TPSA) is 56.7 Å². The number of hydrogen-bond acceptors (Lipinski definition) is 4. The Hall–Kier alpha value is -8.15. The maximum absolute atomic E-state index is 6.95. The zero-order valence-corrected chi connectivity index (χ0v) is 32.2. The van der Waals surface area contributed by atoms with E-state index in [2.05, 4.69) is 168 Å². The van der Waals surface area contributed by atoms with Crippen molar-refractivity contribution in [1.82, 2.24) is 19.5 Å². The molecule has 0 atom stereocenters. The lowest BCUT2D eigenvalue weighted by molar-refractivity contribution is 0.669. The summed E-state index contributed by atoms with van der Waals surface area (Å²) in [5.41, 5.74) is 7.49. The Balaban J connectivity index is 1.13. The van der Waals surface area contributed by atoms with Crippen LogP contribution in [0, 0.1) is 0 Å². The number of para-hydroxylation sites is 1. The average Bonchev–Trinajstić information content (AvgIpc) is 3.86. The van der Waals surface area contributed by atoms with Gasteiger partial charge in [-0.1, -0.05) is 152 Å². The molecule has 0 bridgehead atoms. The third kappa shape index (κ3) is 4.84. The smallest absolute Gasteiger partial charge is 0.167 e. The molecular weight excluding hydrogens is 733 g/mol. The summed E-state index contributed by atoms with van der Waals surface area (Å²) in [6.07, 6.45) is 0. The Labute approximate surface area is 343 Å². The molecule has 0 unspecified atom stereocenters. The molecule has 0 aliphatic rings. The fraction of sp³-hybridized carbons (Fsp3) is 0. The van der Waals surface area contributed by atoms with Gasteiger partial charge in [0.25, 0.3) is 0 Å². The van der Waals surface area contributed by atoms with Gasteiger partial charge in [0.1, 0.15) is 11.2 Å². The van der Waals surface area contributed by atoms with Crippen LogP contribution in [0.1, 0.15) is 0 Å². The van der Waals surface area contributed by atoms with Crippen LogP contribution in [-0.2, 0) is 0 Å². The van der Waals surface area contributed by atoms with Crippen LogP contribution in [0.5, 0.6) is 0 Å². The third-order valence-corrected chi connectivity index (χ3v) is 12.2. The number of fused-ring (bicyclic) bond motifs is 12. The summed E-state index contributed by atoms with van der Waals surface area (Å²) in [4.78, 5) is 15.8. The summed E-state index contributed by atoms with van der Waals surface area (Å²) in [7, 11) is 0. The quantitative estimate of drug-likeness (QED) is 0.167. The number of nitrogens with zero attached hydrogens (tertiary/aromatic N) is 4. The van der Waals surface area contributed by atoms with Gasteiger partial charge >= 0.3 is 0 Å². The van der Waals surface area contributed by atoms with Crippen molar-refractivity contribution in [2.24, 2.45) is 0 Å². The van der Waals surface area contributed by atoms with E-state index in [0.717, 1.165) is 71.5 Å². The molecule has 0 saturated carbocycles. The van der Waals surface area contributed by atoms with Crippen LogP contribution in [0.2, 0.25) is 0 Å². The Bertz CT molecular complexity index is 3900. The highest BCUT2D eigenvalue weighted by atomic mass is 16.3. The molecule has 0 saturated heterocycles. The lowest BCUT2D eigenvalue weighted by atomic mass is 9.97. The molecule has 13 aromatic rings. The van der Waals surface area contributed by atoms with Crippen LogP contribution in [0.3, 0.4) is 0 Å². The van der Waals surface area contributed by atoms with Crippen molar-refractivity contribution in [1.29, 1.82) is 0 Å². The molecule has 60 heavy (non-hydrogen) atoms. The molecule has 0 aliphatic carbocycles. The first kappa shape index (κ1) is 32.9. The van der Waals surface area contributed by atoms with Crippen LogP contribution >= 0.6 is 0 Å². The van der Waals surface area contributed by atoms with Gasteiger partial charge in [0.05, 0.1) is 27.7 Å². The molecule has 5 nitrogen and oxygen atoms in total. The van der Waals surface area contributed by atoms with E-state index in [1.807, 2.05) is 30.3 Å². The van der Waals surface area contributed by atoms with Crippen LogP contribution < -0.4 is 0 Å². The lowest BCUT2D eigenvalue weighted by Gasteiger charge is -2.14. The summed E-state index contributed by atoms with van der Waals surface area (Å²) < 4.78 is 9.37. The number of rotatable bonds is 4. The van der Waals surface area contributed by atoms with E-state index in [1.54, 1.807) is 0 Å².